The summed E-state index contributed by atoms with van der Waals surface area (Å²) >= 11 is 0.833. The second-order valence-electron chi connectivity index (χ2n) is 3.21. The molecule has 0 rings (SSSR count). The maximum atomic E-state index is 5.83. The van der Waals surface area contributed by atoms with E-state index in [4.69, 9.17) is 3.91 Å². The molecule has 0 saturated carbocycles. The van der Waals surface area contributed by atoms with Crippen molar-refractivity contribution in [2.24, 2.45) is 0 Å². The molecule has 0 amide bonds. The van der Waals surface area contributed by atoms with Crippen LogP contribution in [0.1, 0.15) is 48.5 Å². The van der Waals surface area contributed by atoms with Crippen molar-refractivity contribution in [3.05, 3.63) is 16.6 Å². The summed E-state index contributed by atoms with van der Waals surface area (Å²) in [6.07, 6.45) is 0. The van der Waals surface area contributed by atoms with Gasteiger partial charge in [-0.15, -0.1) is 0 Å². The third-order valence-corrected chi connectivity index (χ3v) is 0.894. The van der Waals surface area contributed by atoms with Gasteiger partial charge in [0.15, 0.2) is 0 Å². The van der Waals surface area contributed by atoms with Crippen LogP contribution in [0.4, 0.5) is 0 Å². The molecule has 0 atom stereocenters. The number of nitrogens with one attached hydrogen (secondary N) is 1. The number of rotatable bonds is 4. The van der Waals surface area contributed by atoms with Crippen LogP contribution < -0.4 is 0 Å². The third-order valence-electron chi connectivity index (χ3n) is 0.894. The van der Waals surface area contributed by atoms with E-state index in [0.29, 0.717) is 0 Å². The van der Waals surface area contributed by atoms with Crippen LogP contribution in [0.15, 0.2) is 0 Å². The molecule has 0 fully saturated rings. The molecular formula is C12H30N3W-3. The Morgan fingerprint density at radius 3 is 0.875 bits per heavy atom. The quantitative estimate of drug-likeness (QED) is 0.665. The predicted octanol–water partition coefficient (Wildman–Crippen LogP) is 4.72. The van der Waals surface area contributed by atoms with E-state index in [0.717, 1.165) is 45.8 Å². The molecule has 0 radical (unpaired) electrons. The number of hydrogen-bond acceptors (Lipinski definition) is 1. The zero-order valence-electron chi connectivity index (χ0n) is 12.1. The van der Waals surface area contributed by atoms with Crippen LogP contribution in [0.25, 0.3) is 10.6 Å². The van der Waals surface area contributed by atoms with Gasteiger partial charge in [-0.25, -0.2) is 0 Å². The van der Waals surface area contributed by atoms with Crippen molar-refractivity contribution < 1.29 is 19.6 Å². The first-order valence-corrected chi connectivity index (χ1v) is 7.26. The molecule has 0 spiro atoms. The van der Waals surface area contributed by atoms with Gasteiger partial charge in [-0.05, 0) is 0 Å². The first-order chi connectivity index (χ1) is 7.56. The Morgan fingerprint density at radius 1 is 0.750 bits per heavy atom. The van der Waals surface area contributed by atoms with E-state index < -0.39 is 0 Å². The standard InChI is InChI=1S/2C4H10N.C4H9.HN.W/c2*1-3-5-4-2;1-4(2)3;;/h2*3-4H2,1-2H3;1-3H3;1H;/q3*-1;;. The van der Waals surface area contributed by atoms with Gasteiger partial charge in [-0.2, -0.15) is 47.0 Å². The van der Waals surface area contributed by atoms with Crippen molar-refractivity contribution in [2.45, 2.75) is 48.5 Å². The minimum atomic E-state index is 0.833. The second-order valence-corrected chi connectivity index (χ2v) is 3.21. The summed E-state index contributed by atoms with van der Waals surface area (Å²) < 4.78 is 5.83. The Bertz CT molecular complexity index is 67.9. The van der Waals surface area contributed by atoms with Crippen LogP contribution in [0, 0.1) is 9.83 Å². The average molecular weight is 400 g/mol. The summed E-state index contributed by atoms with van der Waals surface area (Å²) in [5.74, 6) is 1.42. The van der Waals surface area contributed by atoms with E-state index >= 15 is 0 Å². The molecule has 0 aromatic carbocycles. The van der Waals surface area contributed by atoms with Crippen molar-refractivity contribution in [3.8, 4) is 0 Å². The van der Waals surface area contributed by atoms with Gasteiger partial charge in [0.25, 0.3) is 0 Å². The molecule has 102 valence electrons. The van der Waals surface area contributed by atoms with Gasteiger partial charge in [-0.3, -0.25) is 0 Å². The Kier molecular flexibility index (Phi) is 57.1. The summed E-state index contributed by atoms with van der Waals surface area (Å²) in [6.45, 7) is 18.3. The Labute approximate surface area is 115 Å². The fourth-order valence-electron chi connectivity index (χ4n) is 0.447. The van der Waals surface area contributed by atoms with Crippen LogP contribution in [-0.2, 0) is 19.6 Å². The van der Waals surface area contributed by atoms with E-state index in [1.165, 1.54) is 5.92 Å². The monoisotopic (exact) mass is 400 g/mol. The molecule has 0 aliphatic rings. The van der Waals surface area contributed by atoms with Gasteiger partial charge in [0, 0.05) is 0 Å². The summed E-state index contributed by atoms with van der Waals surface area (Å²) in [5.41, 5.74) is 0. The van der Waals surface area contributed by atoms with Gasteiger partial charge >= 0.3 is 23.5 Å². The fourth-order valence-corrected chi connectivity index (χ4v) is 0.447. The molecule has 4 heteroatoms. The van der Waals surface area contributed by atoms with Crippen LogP contribution in [-0.4, -0.2) is 26.2 Å². The molecular weight excluding hydrogens is 370 g/mol. The van der Waals surface area contributed by atoms with Gasteiger partial charge in [-0.1, -0.05) is 27.7 Å². The van der Waals surface area contributed by atoms with Crippen LogP contribution in [0.2, 0.25) is 0 Å². The van der Waals surface area contributed by atoms with Gasteiger partial charge in [0.05, 0.1) is 0 Å². The molecule has 0 aromatic heterocycles. The molecule has 16 heavy (non-hydrogen) atoms. The maximum absolute atomic E-state index is 5.83. The first-order valence-electron chi connectivity index (χ1n) is 5.80. The van der Waals surface area contributed by atoms with E-state index in [9.17, 15) is 0 Å². The normalized spacial score (nSPS) is 7.75. The van der Waals surface area contributed by atoms with E-state index in [1.54, 1.807) is 0 Å². The molecule has 0 heterocycles. The summed E-state index contributed by atoms with van der Waals surface area (Å²) in [5, 5.41) is 7.94. The zero-order valence-corrected chi connectivity index (χ0v) is 15.1. The molecule has 0 aliphatic carbocycles. The molecule has 0 saturated heterocycles. The SMILES string of the molecule is CC[N-]CC.CC[N-]CC.C[C-](C)C.[NH]=[W]. The van der Waals surface area contributed by atoms with E-state index in [-0.39, 0.29) is 0 Å². The van der Waals surface area contributed by atoms with Gasteiger partial charge in [0.1, 0.15) is 0 Å². The molecule has 0 aliphatic heterocycles. The molecule has 0 bridgehead atoms. The average Bonchev–Trinajstić information content (AvgIpc) is 2.23. The number of nitrogens with zero attached hydrogens (tertiary/aromatic N) is 2. The van der Waals surface area contributed by atoms with Crippen molar-refractivity contribution in [1.29, 1.82) is 3.91 Å². The number of hydrogen-bond donors (Lipinski definition) is 1. The summed E-state index contributed by atoms with van der Waals surface area (Å²) in [6, 6.07) is 0. The fraction of sp³-hybridized carbons (Fsp3) is 0.917. The zero-order chi connectivity index (χ0) is 13.8. The topological polar surface area (TPSA) is 52.1 Å². The second kappa shape index (κ2) is 36.1. The summed E-state index contributed by atoms with van der Waals surface area (Å²) in [7, 11) is 0. The Hall–Kier alpha value is 0.408. The van der Waals surface area contributed by atoms with E-state index in [1.807, 2.05) is 27.7 Å². The first kappa shape index (κ1) is 25.3. The van der Waals surface area contributed by atoms with Gasteiger partial charge < -0.3 is 16.6 Å². The molecule has 0 aromatic rings. The summed E-state index contributed by atoms with van der Waals surface area (Å²) in [4.78, 5) is 0. The van der Waals surface area contributed by atoms with Crippen LogP contribution in [0.3, 0.4) is 0 Å². The third kappa shape index (κ3) is 133. The van der Waals surface area contributed by atoms with Crippen molar-refractivity contribution in [3.63, 3.8) is 0 Å². The van der Waals surface area contributed by atoms with Crippen LogP contribution in [0.5, 0.6) is 0 Å². The Morgan fingerprint density at radius 2 is 0.875 bits per heavy atom. The predicted molar refractivity (Wildman–Crippen MR) is 71.9 cm³/mol. The van der Waals surface area contributed by atoms with Crippen molar-refractivity contribution in [2.75, 3.05) is 26.2 Å². The van der Waals surface area contributed by atoms with E-state index in [2.05, 4.69) is 31.4 Å². The van der Waals surface area contributed by atoms with Crippen molar-refractivity contribution in [1.82, 2.24) is 0 Å². The van der Waals surface area contributed by atoms with Crippen LogP contribution >= 0.6 is 0 Å². The molecule has 0 unspecified atom stereocenters. The van der Waals surface area contributed by atoms with Crippen molar-refractivity contribution >= 4 is 0 Å². The molecule has 3 nitrogen and oxygen atoms in total. The van der Waals surface area contributed by atoms with Gasteiger partial charge in [0.2, 0.25) is 0 Å². The Balaban J connectivity index is -0.0000000629. The molecule has 1 N–H and O–H groups in total. The minimum absolute atomic E-state index is 0.833.